The van der Waals surface area contributed by atoms with Crippen molar-refractivity contribution in [1.82, 2.24) is 9.80 Å². The Kier molecular flexibility index (Phi) is 8.39. The Morgan fingerprint density at radius 1 is 0.974 bits per heavy atom. The van der Waals surface area contributed by atoms with Crippen LogP contribution in [0, 0.1) is 5.82 Å². The van der Waals surface area contributed by atoms with Crippen LogP contribution >= 0.6 is 0 Å². The van der Waals surface area contributed by atoms with E-state index in [0.29, 0.717) is 26.4 Å². The van der Waals surface area contributed by atoms with Crippen LogP contribution in [0.5, 0.6) is 5.75 Å². The van der Waals surface area contributed by atoms with Crippen LogP contribution in [0.1, 0.15) is 66.8 Å². The predicted octanol–water partition coefficient (Wildman–Crippen LogP) is 5.16. The first kappa shape index (κ1) is 26.4. The number of carbonyl (C=O) groups excluding carboxylic acids is 1. The van der Waals surface area contributed by atoms with E-state index < -0.39 is 11.9 Å². The first-order valence-corrected chi connectivity index (χ1v) is 13.7. The van der Waals surface area contributed by atoms with Crippen LogP contribution in [0.4, 0.5) is 4.39 Å². The zero-order valence-corrected chi connectivity index (χ0v) is 21.9. The molecule has 0 spiro atoms. The second-order valence-electron chi connectivity index (χ2n) is 10.0. The number of hydrogen-bond donors (Lipinski definition) is 0. The molecule has 0 aliphatic carbocycles. The van der Waals surface area contributed by atoms with E-state index in [2.05, 4.69) is 11.8 Å². The van der Waals surface area contributed by atoms with Gasteiger partial charge in [0.1, 0.15) is 17.1 Å². The number of rotatable bonds is 11. The molecule has 7 nitrogen and oxygen atoms in total. The molecular weight excluding hydrogens is 487 g/mol. The Balaban J connectivity index is 1.42. The molecular formula is C30H35FN2O5. The fourth-order valence-electron chi connectivity index (χ4n) is 5.32. The number of morpholine rings is 1. The first-order chi connectivity index (χ1) is 18.6. The van der Waals surface area contributed by atoms with Gasteiger partial charge in [0.15, 0.2) is 5.43 Å². The minimum Gasteiger partial charge on any atom is -0.494 e. The Morgan fingerprint density at radius 2 is 1.76 bits per heavy atom. The van der Waals surface area contributed by atoms with Crippen molar-refractivity contribution in [3.63, 3.8) is 0 Å². The maximum atomic E-state index is 14.0. The maximum Gasteiger partial charge on any atom is 0.290 e. The monoisotopic (exact) mass is 522 g/mol. The van der Waals surface area contributed by atoms with Crippen LogP contribution in [0.15, 0.2) is 51.7 Å². The SMILES string of the molecule is CCCCCCOc1ccc(C2c3c(oc4ccc(F)cc4c3=O)C(=O)N2CCCN2CCOCC2)cc1. The molecule has 3 aromatic rings. The first-order valence-electron chi connectivity index (χ1n) is 13.7. The highest BCUT2D eigenvalue weighted by Crippen LogP contribution is 2.38. The van der Waals surface area contributed by atoms with Crippen molar-refractivity contribution in [2.45, 2.75) is 45.1 Å². The van der Waals surface area contributed by atoms with Gasteiger partial charge >= 0.3 is 0 Å². The second-order valence-corrected chi connectivity index (χ2v) is 10.0. The van der Waals surface area contributed by atoms with E-state index in [-0.39, 0.29) is 33.6 Å². The molecule has 2 aliphatic rings. The number of ether oxygens (including phenoxy) is 2. The molecule has 1 unspecified atom stereocenters. The summed E-state index contributed by atoms with van der Waals surface area (Å²) >= 11 is 0. The number of halogens is 1. The molecule has 202 valence electrons. The molecule has 8 heteroatoms. The van der Waals surface area contributed by atoms with Gasteiger partial charge in [0.05, 0.1) is 36.8 Å². The van der Waals surface area contributed by atoms with Gasteiger partial charge in [-0.25, -0.2) is 4.39 Å². The van der Waals surface area contributed by atoms with Gasteiger partial charge < -0.3 is 18.8 Å². The quantitative estimate of drug-likeness (QED) is 0.324. The summed E-state index contributed by atoms with van der Waals surface area (Å²) in [6.45, 7) is 7.29. The highest BCUT2D eigenvalue weighted by atomic mass is 19.1. The minimum atomic E-state index is -0.607. The van der Waals surface area contributed by atoms with Gasteiger partial charge in [-0.1, -0.05) is 38.3 Å². The molecule has 3 heterocycles. The number of carbonyl (C=O) groups is 1. The molecule has 5 rings (SSSR count). The van der Waals surface area contributed by atoms with Gasteiger partial charge in [-0.2, -0.15) is 0 Å². The van der Waals surface area contributed by atoms with Crippen molar-refractivity contribution < 1.29 is 23.1 Å². The van der Waals surface area contributed by atoms with Crippen LogP contribution in [-0.4, -0.2) is 61.7 Å². The zero-order valence-electron chi connectivity index (χ0n) is 21.9. The van der Waals surface area contributed by atoms with E-state index in [1.165, 1.54) is 31.0 Å². The summed E-state index contributed by atoms with van der Waals surface area (Å²) in [5.74, 6) is -0.0389. The van der Waals surface area contributed by atoms with E-state index in [1.807, 2.05) is 24.3 Å². The molecule has 1 amide bonds. The predicted molar refractivity (Wildman–Crippen MR) is 143 cm³/mol. The molecule has 2 aromatic carbocycles. The summed E-state index contributed by atoms with van der Waals surface area (Å²) in [7, 11) is 0. The molecule has 1 saturated heterocycles. The standard InChI is InChI=1S/C30H35FN2O5/c1-2-3-4-5-17-37-23-10-7-21(8-11-23)27-26-28(34)24-20-22(31)9-12-25(24)38-29(26)30(35)33(27)14-6-13-32-15-18-36-19-16-32/h7-12,20,27H,2-6,13-19H2,1H3. The average Bonchev–Trinajstić information content (AvgIpc) is 3.21. The summed E-state index contributed by atoms with van der Waals surface area (Å²) in [4.78, 5) is 31.2. The van der Waals surface area contributed by atoms with Crippen molar-refractivity contribution in [2.75, 3.05) is 46.0 Å². The Hall–Kier alpha value is -3.23. The van der Waals surface area contributed by atoms with Gasteiger partial charge in [0, 0.05) is 26.2 Å². The third kappa shape index (κ3) is 5.61. The summed E-state index contributed by atoms with van der Waals surface area (Å²) in [6, 6.07) is 10.8. The zero-order chi connectivity index (χ0) is 26.5. The molecule has 0 radical (unpaired) electrons. The minimum absolute atomic E-state index is 0.0433. The smallest absolute Gasteiger partial charge is 0.290 e. The molecule has 0 saturated carbocycles. The number of fused-ring (bicyclic) bond motifs is 2. The molecule has 38 heavy (non-hydrogen) atoms. The van der Waals surface area contributed by atoms with E-state index in [0.717, 1.165) is 50.2 Å². The van der Waals surface area contributed by atoms with Crippen molar-refractivity contribution in [1.29, 1.82) is 0 Å². The lowest BCUT2D eigenvalue weighted by atomic mass is 9.98. The average molecular weight is 523 g/mol. The van der Waals surface area contributed by atoms with E-state index in [1.54, 1.807) is 4.90 Å². The lowest BCUT2D eigenvalue weighted by Gasteiger charge is -2.29. The molecule has 1 atom stereocenters. The molecule has 1 aromatic heterocycles. The van der Waals surface area contributed by atoms with Gasteiger partial charge in [-0.15, -0.1) is 0 Å². The highest BCUT2D eigenvalue weighted by Gasteiger charge is 2.42. The molecule has 1 fully saturated rings. The third-order valence-electron chi connectivity index (χ3n) is 7.37. The van der Waals surface area contributed by atoms with Gasteiger partial charge in [0.2, 0.25) is 5.76 Å². The van der Waals surface area contributed by atoms with Gasteiger partial charge in [0.25, 0.3) is 5.91 Å². The van der Waals surface area contributed by atoms with Crippen LogP contribution in [0.25, 0.3) is 11.0 Å². The Labute approximate surface area is 222 Å². The number of benzene rings is 2. The maximum absolute atomic E-state index is 14.0. The van der Waals surface area contributed by atoms with E-state index in [4.69, 9.17) is 13.9 Å². The molecule has 2 aliphatic heterocycles. The van der Waals surface area contributed by atoms with Crippen molar-refractivity contribution in [2.24, 2.45) is 0 Å². The molecule has 0 bridgehead atoms. The van der Waals surface area contributed by atoms with Crippen molar-refractivity contribution >= 4 is 16.9 Å². The van der Waals surface area contributed by atoms with Gasteiger partial charge in [-0.3, -0.25) is 14.5 Å². The third-order valence-corrected chi connectivity index (χ3v) is 7.37. The van der Waals surface area contributed by atoms with Crippen LogP contribution < -0.4 is 10.2 Å². The second kappa shape index (κ2) is 12.1. The lowest BCUT2D eigenvalue weighted by molar-refractivity contribution is 0.0353. The number of amides is 1. The fraction of sp³-hybridized carbons (Fsp3) is 0.467. The molecule has 0 N–H and O–H groups in total. The number of unbranched alkanes of at least 4 members (excludes halogenated alkanes) is 3. The summed E-state index contributed by atoms with van der Waals surface area (Å²) < 4.78 is 31.3. The van der Waals surface area contributed by atoms with Crippen molar-refractivity contribution in [3.8, 4) is 5.75 Å². The van der Waals surface area contributed by atoms with Gasteiger partial charge in [-0.05, 0) is 48.7 Å². The summed E-state index contributed by atoms with van der Waals surface area (Å²) in [5.41, 5.74) is 0.910. The van der Waals surface area contributed by atoms with Crippen LogP contribution in [0.2, 0.25) is 0 Å². The highest BCUT2D eigenvalue weighted by molar-refractivity contribution is 5.99. The normalized spacial score (nSPS) is 17.8. The number of hydrogen-bond acceptors (Lipinski definition) is 6. The lowest BCUT2D eigenvalue weighted by Crippen LogP contribution is -2.38. The Morgan fingerprint density at radius 3 is 2.53 bits per heavy atom. The van der Waals surface area contributed by atoms with Crippen molar-refractivity contribution in [3.05, 3.63) is 75.4 Å². The Bertz CT molecular complexity index is 1320. The largest absolute Gasteiger partial charge is 0.494 e. The topological polar surface area (TPSA) is 72.2 Å². The van der Waals surface area contributed by atoms with Crippen LogP contribution in [0.3, 0.4) is 0 Å². The van der Waals surface area contributed by atoms with E-state index >= 15 is 0 Å². The van der Waals surface area contributed by atoms with E-state index in [9.17, 15) is 14.0 Å². The summed E-state index contributed by atoms with van der Waals surface area (Å²) in [6.07, 6.45) is 5.26. The fourth-order valence-corrected chi connectivity index (χ4v) is 5.32. The summed E-state index contributed by atoms with van der Waals surface area (Å²) in [5, 5.41) is 0.142. The van der Waals surface area contributed by atoms with Crippen LogP contribution in [-0.2, 0) is 4.74 Å². The number of nitrogens with zero attached hydrogens (tertiary/aromatic N) is 2.